The molecule has 138 valence electrons. The molecule has 0 saturated heterocycles. The summed E-state index contributed by atoms with van der Waals surface area (Å²) in [7, 11) is 0. The van der Waals surface area contributed by atoms with Gasteiger partial charge in [0.05, 0.1) is 6.42 Å². The molecule has 27 heavy (non-hydrogen) atoms. The number of hydrogen-bond acceptors (Lipinski definition) is 3. The molecular weight excluding hydrogens is 338 g/mol. The highest BCUT2D eigenvalue weighted by Gasteiger charge is 2.07. The van der Waals surface area contributed by atoms with E-state index in [2.05, 4.69) is 5.32 Å². The van der Waals surface area contributed by atoms with Gasteiger partial charge in [-0.3, -0.25) is 4.79 Å². The Bertz CT molecular complexity index is 878. The summed E-state index contributed by atoms with van der Waals surface area (Å²) in [5, 5.41) is 2.92. The lowest BCUT2D eigenvalue weighted by molar-refractivity contribution is -0.115. The average Bonchev–Trinajstić information content (AvgIpc) is 2.68. The zero-order chi connectivity index (χ0) is 18.9. The van der Waals surface area contributed by atoms with Crippen molar-refractivity contribution in [1.82, 2.24) is 0 Å². The Balaban J connectivity index is 1.48. The second kappa shape index (κ2) is 9.43. The van der Waals surface area contributed by atoms with Crippen LogP contribution in [0.3, 0.4) is 0 Å². The molecule has 0 atom stereocenters. The van der Waals surface area contributed by atoms with Gasteiger partial charge in [-0.2, -0.15) is 0 Å². The lowest BCUT2D eigenvalue weighted by atomic mass is 10.1. The number of para-hydroxylation sites is 1. The minimum Gasteiger partial charge on any atom is -0.490 e. The first-order valence-electron chi connectivity index (χ1n) is 8.96. The molecule has 1 amide bonds. The zero-order valence-electron chi connectivity index (χ0n) is 15.4. The maximum absolute atomic E-state index is 12.3. The number of carbonyl (C=O) groups is 1. The van der Waals surface area contributed by atoms with E-state index in [1.807, 2.05) is 85.8 Å². The quantitative estimate of drug-likeness (QED) is 0.595. The number of anilines is 1. The number of aryl methyl sites for hydroxylation is 1. The molecule has 0 heterocycles. The van der Waals surface area contributed by atoms with Crippen molar-refractivity contribution in [3.05, 3.63) is 90.0 Å². The molecule has 1 N–H and O–H groups in total. The van der Waals surface area contributed by atoms with Crippen molar-refractivity contribution in [2.75, 3.05) is 18.5 Å². The van der Waals surface area contributed by atoms with Gasteiger partial charge in [-0.25, -0.2) is 0 Å². The van der Waals surface area contributed by atoms with Gasteiger partial charge in [-0.15, -0.1) is 0 Å². The molecule has 4 nitrogen and oxygen atoms in total. The molecule has 0 aromatic heterocycles. The molecule has 0 aliphatic heterocycles. The number of nitrogens with one attached hydrogen (secondary N) is 1. The van der Waals surface area contributed by atoms with Crippen molar-refractivity contribution in [3.8, 4) is 11.5 Å². The van der Waals surface area contributed by atoms with E-state index < -0.39 is 0 Å². The van der Waals surface area contributed by atoms with Crippen molar-refractivity contribution in [1.29, 1.82) is 0 Å². The highest BCUT2D eigenvalue weighted by Crippen LogP contribution is 2.18. The van der Waals surface area contributed by atoms with E-state index in [-0.39, 0.29) is 5.91 Å². The van der Waals surface area contributed by atoms with Crippen molar-refractivity contribution in [2.45, 2.75) is 13.3 Å². The van der Waals surface area contributed by atoms with Gasteiger partial charge >= 0.3 is 0 Å². The highest BCUT2D eigenvalue weighted by atomic mass is 16.5. The lowest BCUT2D eigenvalue weighted by Gasteiger charge is -2.11. The molecule has 0 saturated carbocycles. The van der Waals surface area contributed by atoms with Crippen LogP contribution in [0.2, 0.25) is 0 Å². The van der Waals surface area contributed by atoms with Crippen molar-refractivity contribution in [2.24, 2.45) is 0 Å². The third kappa shape index (κ3) is 5.89. The number of ether oxygens (including phenoxy) is 2. The number of benzene rings is 3. The van der Waals surface area contributed by atoms with Crippen LogP contribution in [0.15, 0.2) is 78.9 Å². The Morgan fingerprint density at radius 3 is 2.26 bits per heavy atom. The fraction of sp³-hybridized carbons (Fsp3) is 0.174. The molecule has 4 heteroatoms. The first-order valence-corrected chi connectivity index (χ1v) is 8.96. The van der Waals surface area contributed by atoms with Gasteiger partial charge < -0.3 is 14.8 Å². The second-order valence-electron chi connectivity index (χ2n) is 6.19. The molecule has 0 radical (unpaired) electrons. The van der Waals surface area contributed by atoms with Crippen LogP contribution in [0.5, 0.6) is 11.5 Å². The molecule has 0 bridgehead atoms. The molecule has 3 rings (SSSR count). The molecule has 0 fully saturated rings. The van der Waals surface area contributed by atoms with Gasteiger partial charge in [0.2, 0.25) is 5.91 Å². The van der Waals surface area contributed by atoms with Gasteiger partial charge in [-0.1, -0.05) is 48.5 Å². The van der Waals surface area contributed by atoms with E-state index in [9.17, 15) is 4.79 Å². The Morgan fingerprint density at radius 1 is 0.815 bits per heavy atom. The predicted octanol–water partition coefficient (Wildman–Crippen LogP) is 4.63. The van der Waals surface area contributed by atoms with Crippen LogP contribution in [-0.4, -0.2) is 19.1 Å². The Hall–Kier alpha value is -3.27. The highest BCUT2D eigenvalue weighted by molar-refractivity contribution is 5.92. The van der Waals surface area contributed by atoms with Crippen LogP contribution in [0.4, 0.5) is 5.69 Å². The van der Waals surface area contributed by atoms with E-state index in [1.165, 1.54) is 0 Å². The standard InChI is InChI=1S/C23H23NO3/c1-18-8-5-6-9-19(18)16-23(25)24-20-10-7-13-22(17-20)27-15-14-26-21-11-3-2-4-12-21/h2-13,17H,14-16H2,1H3,(H,24,25). The topological polar surface area (TPSA) is 47.6 Å². The van der Waals surface area contributed by atoms with Crippen molar-refractivity contribution < 1.29 is 14.3 Å². The lowest BCUT2D eigenvalue weighted by Crippen LogP contribution is -2.15. The number of rotatable bonds is 8. The molecular formula is C23H23NO3. The van der Waals surface area contributed by atoms with Crippen molar-refractivity contribution in [3.63, 3.8) is 0 Å². The maximum atomic E-state index is 12.3. The third-order valence-corrected chi connectivity index (χ3v) is 4.09. The van der Waals surface area contributed by atoms with Crippen LogP contribution in [-0.2, 0) is 11.2 Å². The van der Waals surface area contributed by atoms with Crippen LogP contribution >= 0.6 is 0 Å². The summed E-state index contributed by atoms with van der Waals surface area (Å²) in [4.78, 5) is 12.3. The van der Waals surface area contributed by atoms with E-state index in [0.717, 1.165) is 22.6 Å². The summed E-state index contributed by atoms with van der Waals surface area (Å²) in [6.45, 7) is 2.89. The fourth-order valence-corrected chi connectivity index (χ4v) is 2.69. The SMILES string of the molecule is Cc1ccccc1CC(=O)Nc1cccc(OCCOc2ccccc2)c1. The van der Waals surface area contributed by atoms with E-state index >= 15 is 0 Å². The van der Waals surface area contributed by atoms with Crippen LogP contribution in [0, 0.1) is 6.92 Å². The van der Waals surface area contributed by atoms with Gasteiger partial charge in [0, 0.05) is 11.8 Å². The minimum absolute atomic E-state index is 0.0474. The molecule has 0 aliphatic rings. The first-order chi connectivity index (χ1) is 13.2. The van der Waals surface area contributed by atoms with Gasteiger partial charge in [-0.05, 0) is 42.3 Å². The number of amides is 1. The van der Waals surface area contributed by atoms with Gasteiger partial charge in [0.15, 0.2) is 0 Å². The summed E-state index contributed by atoms with van der Waals surface area (Å²) >= 11 is 0. The van der Waals surface area contributed by atoms with E-state index in [1.54, 1.807) is 0 Å². The Kier molecular flexibility index (Phi) is 6.47. The molecule has 0 unspecified atom stereocenters. The van der Waals surface area contributed by atoms with Gasteiger partial charge in [0.25, 0.3) is 0 Å². The monoisotopic (exact) mass is 361 g/mol. The number of hydrogen-bond donors (Lipinski definition) is 1. The smallest absolute Gasteiger partial charge is 0.228 e. The fourth-order valence-electron chi connectivity index (χ4n) is 2.69. The Morgan fingerprint density at radius 2 is 1.48 bits per heavy atom. The van der Waals surface area contributed by atoms with Crippen LogP contribution in [0.25, 0.3) is 0 Å². The Labute approximate surface area is 159 Å². The van der Waals surface area contributed by atoms with Crippen LogP contribution in [0.1, 0.15) is 11.1 Å². The molecule has 0 aliphatic carbocycles. The zero-order valence-corrected chi connectivity index (χ0v) is 15.4. The summed E-state index contributed by atoms with van der Waals surface area (Å²) in [6, 6.07) is 24.9. The molecule has 0 spiro atoms. The van der Waals surface area contributed by atoms with E-state index in [4.69, 9.17) is 9.47 Å². The molecule has 3 aromatic rings. The normalized spacial score (nSPS) is 10.3. The predicted molar refractivity (Wildman–Crippen MR) is 107 cm³/mol. The van der Waals surface area contributed by atoms with Crippen molar-refractivity contribution >= 4 is 11.6 Å². The summed E-state index contributed by atoms with van der Waals surface area (Å²) in [5.74, 6) is 1.47. The summed E-state index contributed by atoms with van der Waals surface area (Å²) in [5.41, 5.74) is 2.86. The van der Waals surface area contributed by atoms with Gasteiger partial charge in [0.1, 0.15) is 24.7 Å². The summed E-state index contributed by atoms with van der Waals surface area (Å²) in [6.07, 6.45) is 0.350. The maximum Gasteiger partial charge on any atom is 0.228 e. The third-order valence-electron chi connectivity index (χ3n) is 4.09. The largest absolute Gasteiger partial charge is 0.490 e. The average molecular weight is 361 g/mol. The van der Waals surface area contributed by atoms with Crippen LogP contribution < -0.4 is 14.8 Å². The first kappa shape index (κ1) is 18.5. The van der Waals surface area contributed by atoms with E-state index in [0.29, 0.717) is 25.4 Å². The number of carbonyl (C=O) groups excluding carboxylic acids is 1. The minimum atomic E-state index is -0.0474. The second-order valence-corrected chi connectivity index (χ2v) is 6.19. The summed E-state index contributed by atoms with van der Waals surface area (Å²) < 4.78 is 11.3. The molecule has 3 aromatic carbocycles.